The van der Waals surface area contributed by atoms with Crippen LogP contribution in [-0.2, 0) is 22.1 Å². The van der Waals surface area contributed by atoms with E-state index in [1.165, 1.54) is 0 Å². The first-order valence-corrected chi connectivity index (χ1v) is 18.9. The monoisotopic (exact) mass is 544 g/mol. The van der Waals surface area contributed by atoms with Crippen LogP contribution < -0.4 is 0 Å². The van der Waals surface area contributed by atoms with E-state index in [1.807, 2.05) is 13.1 Å². The quantitative estimate of drug-likeness (QED) is 0.170. The van der Waals surface area contributed by atoms with Gasteiger partial charge >= 0.3 is 30.2 Å². The lowest BCUT2D eigenvalue weighted by Gasteiger charge is -2.40. The minimum Gasteiger partial charge on any atom is -0.436 e. The van der Waals surface area contributed by atoms with Crippen LogP contribution in [0.5, 0.6) is 0 Å². The average Bonchev–Trinajstić information content (AvgIpc) is 2.65. The first-order chi connectivity index (χ1) is 15.2. The van der Waals surface area contributed by atoms with Crippen LogP contribution in [0.4, 0.5) is 26.3 Å². The summed E-state index contributed by atoms with van der Waals surface area (Å²) in [5.41, 5.74) is 0. The summed E-state index contributed by atoms with van der Waals surface area (Å²) in [6.45, 7) is 6.43. The van der Waals surface area contributed by atoms with Crippen molar-refractivity contribution in [3.05, 3.63) is 0 Å². The fourth-order valence-electron chi connectivity index (χ4n) is 3.74. The van der Waals surface area contributed by atoms with Gasteiger partial charge in [0.2, 0.25) is 0 Å². The summed E-state index contributed by atoms with van der Waals surface area (Å²) in [4.78, 5) is 0. The molecule has 1 rings (SSSR count). The van der Waals surface area contributed by atoms with E-state index in [-0.39, 0.29) is 26.4 Å². The van der Waals surface area contributed by atoms with E-state index in [2.05, 4.69) is 6.55 Å². The summed E-state index contributed by atoms with van der Waals surface area (Å²) in [5, 5.41) is 0. The second kappa shape index (κ2) is 14.6. The van der Waals surface area contributed by atoms with E-state index < -0.39 is 51.4 Å². The average molecular weight is 545 g/mol. The van der Waals surface area contributed by atoms with Gasteiger partial charge in [-0.25, -0.2) is 0 Å². The standard InChI is InChI=1S/C19H38F6O5Si3/c1-31-28-12-4-5-15-32(2,16-6-10-26-13-8-18(20,21)22)30-33(3,29-31)17-7-11-27-14-9-19(23,24)25/h31H,4-17H2,1-3H3. The third-order valence-electron chi connectivity index (χ3n) is 5.30. The van der Waals surface area contributed by atoms with Gasteiger partial charge in [-0.1, -0.05) is 6.42 Å². The molecule has 0 saturated carbocycles. The van der Waals surface area contributed by atoms with Gasteiger partial charge in [0.15, 0.2) is 8.32 Å². The Balaban J connectivity index is 2.59. The number of rotatable bonds is 12. The lowest BCUT2D eigenvalue weighted by atomic mass is 10.4. The fourth-order valence-corrected chi connectivity index (χ4v) is 16.7. The van der Waals surface area contributed by atoms with Crippen molar-refractivity contribution in [2.75, 3.05) is 33.0 Å². The Morgan fingerprint density at radius 3 is 1.91 bits per heavy atom. The topological polar surface area (TPSA) is 46.2 Å². The maximum Gasteiger partial charge on any atom is 0.391 e. The Bertz CT molecular complexity index is 543. The van der Waals surface area contributed by atoms with Crippen molar-refractivity contribution in [1.82, 2.24) is 0 Å². The molecule has 5 nitrogen and oxygen atoms in total. The molecule has 3 unspecified atom stereocenters. The van der Waals surface area contributed by atoms with E-state index in [4.69, 9.17) is 22.1 Å². The van der Waals surface area contributed by atoms with Crippen LogP contribution in [0.25, 0.3) is 0 Å². The summed E-state index contributed by atoms with van der Waals surface area (Å²) in [5.74, 6) is 0. The Labute approximate surface area is 196 Å². The molecule has 33 heavy (non-hydrogen) atoms. The van der Waals surface area contributed by atoms with Crippen LogP contribution >= 0.6 is 0 Å². The molecule has 1 fully saturated rings. The van der Waals surface area contributed by atoms with Crippen LogP contribution in [0.15, 0.2) is 0 Å². The van der Waals surface area contributed by atoms with Gasteiger partial charge in [-0.05, 0) is 57.0 Å². The lowest BCUT2D eigenvalue weighted by Crippen LogP contribution is -2.53. The van der Waals surface area contributed by atoms with Crippen molar-refractivity contribution in [3.8, 4) is 0 Å². The molecule has 198 valence electrons. The highest BCUT2D eigenvalue weighted by Crippen LogP contribution is 2.31. The molecule has 0 radical (unpaired) electrons. The van der Waals surface area contributed by atoms with Crippen molar-refractivity contribution in [2.24, 2.45) is 0 Å². The van der Waals surface area contributed by atoms with Crippen LogP contribution in [0.1, 0.15) is 38.5 Å². The highest BCUT2D eigenvalue weighted by molar-refractivity contribution is 6.85. The Morgan fingerprint density at radius 1 is 0.818 bits per heavy atom. The van der Waals surface area contributed by atoms with E-state index in [0.717, 1.165) is 24.9 Å². The molecule has 1 heterocycles. The molecule has 0 aliphatic carbocycles. The van der Waals surface area contributed by atoms with E-state index in [9.17, 15) is 26.3 Å². The van der Waals surface area contributed by atoms with E-state index in [0.29, 0.717) is 25.5 Å². The maximum atomic E-state index is 12.2. The highest BCUT2D eigenvalue weighted by atomic mass is 28.5. The Kier molecular flexibility index (Phi) is 13.7. The second-order valence-corrected chi connectivity index (χ2v) is 18.8. The molecule has 0 aromatic rings. The lowest BCUT2D eigenvalue weighted by molar-refractivity contribution is -0.146. The predicted octanol–water partition coefficient (Wildman–Crippen LogP) is 6.05. The van der Waals surface area contributed by atoms with Crippen molar-refractivity contribution in [2.45, 2.75) is 88.7 Å². The minimum absolute atomic E-state index is 0.202. The molecule has 1 aliphatic heterocycles. The van der Waals surface area contributed by atoms with Gasteiger partial charge < -0.3 is 22.1 Å². The molecule has 3 atom stereocenters. The van der Waals surface area contributed by atoms with Crippen LogP contribution in [0, 0.1) is 0 Å². The smallest absolute Gasteiger partial charge is 0.391 e. The van der Waals surface area contributed by atoms with Crippen LogP contribution in [-0.4, -0.2) is 71.5 Å². The molecule has 0 amide bonds. The molecule has 0 aromatic heterocycles. The number of halogens is 6. The molecule has 1 aliphatic rings. The van der Waals surface area contributed by atoms with Gasteiger partial charge in [-0.2, -0.15) is 26.3 Å². The summed E-state index contributed by atoms with van der Waals surface area (Å²) in [7, 11) is -6.80. The van der Waals surface area contributed by atoms with E-state index >= 15 is 0 Å². The Hall–Kier alpha value is 0.0306. The van der Waals surface area contributed by atoms with Gasteiger partial charge in [-0.15, -0.1) is 0 Å². The van der Waals surface area contributed by atoms with Crippen LogP contribution in [0.2, 0.25) is 37.8 Å². The van der Waals surface area contributed by atoms with E-state index in [1.54, 1.807) is 0 Å². The largest absolute Gasteiger partial charge is 0.436 e. The van der Waals surface area contributed by atoms with Crippen LogP contribution in [0.3, 0.4) is 0 Å². The molecule has 0 bridgehead atoms. The second-order valence-electron chi connectivity index (χ2n) is 8.86. The predicted molar refractivity (Wildman–Crippen MR) is 120 cm³/mol. The molecule has 14 heteroatoms. The molecule has 0 N–H and O–H groups in total. The van der Waals surface area contributed by atoms with Crippen molar-refractivity contribution >= 4 is 26.2 Å². The zero-order valence-electron chi connectivity index (χ0n) is 19.8. The van der Waals surface area contributed by atoms with Gasteiger partial charge in [0.25, 0.3) is 0 Å². The molecule has 0 spiro atoms. The zero-order valence-corrected chi connectivity index (χ0v) is 22.9. The third kappa shape index (κ3) is 16.4. The minimum atomic E-state index is -4.23. The maximum absolute atomic E-state index is 12.2. The first kappa shape index (κ1) is 31.1. The van der Waals surface area contributed by atoms with Crippen molar-refractivity contribution < 1.29 is 48.5 Å². The number of ether oxygens (including phenoxy) is 2. The molecule has 0 aromatic carbocycles. The Morgan fingerprint density at radius 2 is 1.36 bits per heavy atom. The number of hydrogen-bond donors (Lipinski definition) is 0. The summed E-state index contributed by atoms with van der Waals surface area (Å²) >= 11 is 0. The summed E-state index contributed by atoms with van der Waals surface area (Å²) in [6, 6.07) is 2.23. The SMILES string of the molecule is C[SiH]1OCCCC[Si](C)(CCCOCCC(F)(F)F)O[Si](C)(CCCOCCC(F)(F)F)O1. The van der Waals surface area contributed by atoms with Gasteiger partial charge in [0.1, 0.15) is 0 Å². The molecular weight excluding hydrogens is 506 g/mol. The normalized spacial score (nSPS) is 28.1. The molecule has 1 saturated heterocycles. The number of alkyl halides is 6. The van der Waals surface area contributed by atoms with Crippen molar-refractivity contribution in [1.29, 1.82) is 0 Å². The fraction of sp³-hybridized carbons (Fsp3) is 1.00. The van der Waals surface area contributed by atoms with Gasteiger partial charge in [0, 0.05) is 19.8 Å². The third-order valence-corrected chi connectivity index (χ3v) is 17.1. The van der Waals surface area contributed by atoms with Gasteiger partial charge in [-0.3, -0.25) is 0 Å². The first-order valence-electron chi connectivity index (χ1n) is 11.5. The van der Waals surface area contributed by atoms with Gasteiger partial charge in [0.05, 0.1) is 26.1 Å². The highest BCUT2D eigenvalue weighted by Gasteiger charge is 2.42. The summed E-state index contributed by atoms with van der Waals surface area (Å²) < 4.78 is 103. The number of hydrogen-bond acceptors (Lipinski definition) is 5. The summed E-state index contributed by atoms with van der Waals surface area (Å²) in [6.07, 6.45) is -7.37. The van der Waals surface area contributed by atoms with Crippen molar-refractivity contribution in [3.63, 3.8) is 0 Å². The molecular formula is C19H38F6O5Si3. The zero-order chi connectivity index (χ0) is 25.0.